The van der Waals surface area contributed by atoms with Crippen LogP contribution < -0.4 is 0 Å². The van der Waals surface area contributed by atoms with E-state index >= 15 is 0 Å². The van der Waals surface area contributed by atoms with Crippen molar-refractivity contribution in [1.29, 1.82) is 0 Å². The summed E-state index contributed by atoms with van der Waals surface area (Å²) in [7, 11) is 0. The molecule has 0 radical (unpaired) electrons. The van der Waals surface area contributed by atoms with Crippen LogP contribution in [0.3, 0.4) is 0 Å². The van der Waals surface area contributed by atoms with Gasteiger partial charge in [-0.2, -0.15) is 0 Å². The van der Waals surface area contributed by atoms with E-state index in [9.17, 15) is 4.79 Å². The van der Waals surface area contributed by atoms with Crippen LogP contribution in [0.15, 0.2) is 0 Å². The SMILES string of the molecule is CCC(=O)C(C)(C)OO. The van der Waals surface area contributed by atoms with Gasteiger partial charge in [-0.3, -0.25) is 10.1 Å². The maximum Gasteiger partial charge on any atom is 0.167 e. The number of hydrogen-bond donors (Lipinski definition) is 1. The van der Waals surface area contributed by atoms with Gasteiger partial charge in [-0.25, -0.2) is 4.89 Å². The van der Waals surface area contributed by atoms with Crippen LogP contribution in [0, 0.1) is 0 Å². The molecule has 3 nitrogen and oxygen atoms in total. The lowest BCUT2D eigenvalue weighted by Gasteiger charge is -2.16. The Labute approximate surface area is 54.6 Å². The van der Waals surface area contributed by atoms with E-state index in [1.807, 2.05) is 0 Å². The fourth-order valence-corrected chi connectivity index (χ4v) is 0.477. The van der Waals surface area contributed by atoms with Crippen molar-refractivity contribution in [2.45, 2.75) is 32.8 Å². The molecule has 9 heavy (non-hydrogen) atoms. The standard InChI is InChI=1S/C6H12O3/c1-4-5(7)6(2,3)9-8/h8H,4H2,1-3H3. The van der Waals surface area contributed by atoms with Crippen LogP contribution in [0.1, 0.15) is 27.2 Å². The molecule has 0 aliphatic heterocycles. The van der Waals surface area contributed by atoms with Gasteiger partial charge in [0.2, 0.25) is 0 Å². The Morgan fingerprint density at radius 1 is 1.67 bits per heavy atom. The van der Waals surface area contributed by atoms with Gasteiger partial charge >= 0.3 is 0 Å². The van der Waals surface area contributed by atoms with E-state index in [0.29, 0.717) is 6.42 Å². The Balaban J connectivity index is 3.97. The van der Waals surface area contributed by atoms with Crippen LogP contribution >= 0.6 is 0 Å². The minimum Gasteiger partial charge on any atom is -0.296 e. The number of carbonyl (C=O) groups is 1. The average Bonchev–Trinajstić information content (AvgIpc) is 1.86. The van der Waals surface area contributed by atoms with E-state index in [-0.39, 0.29) is 5.78 Å². The number of hydrogen-bond acceptors (Lipinski definition) is 3. The van der Waals surface area contributed by atoms with Crippen LogP contribution in [0.4, 0.5) is 0 Å². The van der Waals surface area contributed by atoms with Crippen molar-refractivity contribution in [3.8, 4) is 0 Å². The average molecular weight is 132 g/mol. The van der Waals surface area contributed by atoms with Crippen LogP contribution in [0.25, 0.3) is 0 Å². The fourth-order valence-electron chi connectivity index (χ4n) is 0.477. The first-order chi connectivity index (χ1) is 4.04. The van der Waals surface area contributed by atoms with Crippen LogP contribution in [-0.2, 0) is 9.68 Å². The van der Waals surface area contributed by atoms with Gasteiger partial charge < -0.3 is 0 Å². The molecular formula is C6H12O3. The largest absolute Gasteiger partial charge is 0.296 e. The quantitative estimate of drug-likeness (QED) is 0.464. The van der Waals surface area contributed by atoms with Crippen molar-refractivity contribution in [3.63, 3.8) is 0 Å². The summed E-state index contributed by atoms with van der Waals surface area (Å²) in [5.41, 5.74) is -1.03. The molecule has 0 fully saturated rings. The second-order valence-electron chi connectivity index (χ2n) is 2.38. The van der Waals surface area contributed by atoms with E-state index in [0.717, 1.165) is 0 Å². The third-order valence-corrected chi connectivity index (χ3v) is 1.22. The Bertz CT molecular complexity index is 107. The van der Waals surface area contributed by atoms with Crippen molar-refractivity contribution in [1.82, 2.24) is 0 Å². The second kappa shape index (κ2) is 2.94. The molecule has 0 spiro atoms. The molecule has 0 heterocycles. The number of carbonyl (C=O) groups excluding carboxylic acids is 1. The zero-order chi connectivity index (χ0) is 7.49. The molecule has 0 saturated heterocycles. The third kappa shape index (κ3) is 2.11. The molecule has 0 saturated carbocycles. The van der Waals surface area contributed by atoms with Crippen molar-refractivity contribution in [3.05, 3.63) is 0 Å². The van der Waals surface area contributed by atoms with Gasteiger partial charge in [0, 0.05) is 6.42 Å². The fraction of sp³-hybridized carbons (Fsp3) is 0.833. The lowest BCUT2D eigenvalue weighted by atomic mass is 10.0. The number of ketones is 1. The second-order valence-corrected chi connectivity index (χ2v) is 2.38. The summed E-state index contributed by atoms with van der Waals surface area (Å²) >= 11 is 0. The molecule has 0 aromatic carbocycles. The normalized spacial score (nSPS) is 11.6. The Morgan fingerprint density at radius 2 is 2.11 bits per heavy atom. The summed E-state index contributed by atoms with van der Waals surface area (Å²) in [5.74, 6) is -0.106. The van der Waals surface area contributed by atoms with Gasteiger partial charge in [-0.15, -0.1) is 0 Å². The van der Waals surface area contributed by atoms with Crippen molar-refractivity contribution in [2.75, 3.05) is 0 Å². The molecule has 3 heteroatoms. The minimum atomic E-state index is -1.03. The van der Waals surface area contributed by atoms with Gasteiger partial charge in [0.15, 0.2) is 11.4 Å². The molecule has 0 rings (SSSR count). The predicted octanol–water partition coefficient (Wildman–Crippen LogP) is 1.23. The van der Waals surface area contributed by atoms with E-state index in [2.05, 4.69) is 4.89 Å². The Morgan fingerprint density at radius 3 is 2.22 bits per heavy atom. The molecule has 0 amide bonds. The molecule has 0 aromatic rings. The summed E-state index contributed by atoms with van der Waals surface area (Å²) < 4.78 is 0. The first-order valence-corrected chi connectivity index (χ1v) is 2.90. The minimum absolute atomic E-state index is 0.106. The Kier molecular flexibility index (Phi) is 2.81. The van der Waals surface area contributed by atoms with E-state index in [1.165, 1.54) is 13.8 Å². The van der Waals surface area contributed by atoms with Gasteiger partial charge in [0.25, 0.3) is 0 Å². The summed E-state index contributed by atoms with van der Waals surface area (Å²) in [6.07, 6.45) is 0.382. The lowest BCUT2D eigenvalue weighted by Crippen LogP contribution is -2.33. The van der Waals surface area contributed by atoms with Crippen molar-refractivity contribution in [2.24, 2.45) is 0 Å². The molecule has 0 unspecified atom stereocenters. The van der Waals surface area contributed by atoms with Crippen molar-refractivity contribution >= 4 is 5.78 Å². The van der Waals surface area contributed by atoms with Crippen LogP contribution in [-0.4, -0.2) is 16.6 Å². The molecule has 0 bridgehead atoms. The van der Waals surface area contributed by atoms with Crippen LogP contribution in [0.5, 0.6) is 0 Å². The summed E-state index contributed by atoms with van der Waals surface area (Å²) in [6.45, 7) is 4.78. The predicted molar refractivity (Wildman–Crippen MR) is 33.1 cm³/mol. The zero-order valence-electron chi connectivity index (χ0n) is 5.97. The topological polar surface area (TPSA) is 46.5 Å². The monoisotopic (exact) mass is 132 g/mol. The first-order valence-electron chi connectivity index (χ1n) is 2.90. The highest BCUT2D eigenvalue weighted by molar-refractivity contribution is 5.86. The van der Waals surface area contributed by atoms with E-state index < -0.39 is 5.60 Å². The number of Topliss-reactive ketones (excluding diaryl/α,β-unsaturated/α-hetero) is 1. The van der Waals surface area contributed by atoms with Crippen molar-refractivity contribution < 1.29 is 14.9 Å². The molecule has 0 aliphatic rings. The molecule has 0 aliphatic carbocycles. The summed E-state index contributed by atoms with van der Waals surface area (Å²) in [4.78, 5) is 14.7. The van der Waals surface area contributed by atoms with E-state index in [1.54, 1.807) is 6.92 Å². The van der Waals surface area contributed by atoms with Gasteiger partial charge in [0.05, 0.1) is 0 Å². The van der Waals surface area contributed by atoms with Gasteiger partial charge in [-0.1, -0.05) is 6.92 Å². The van der Waals surface area contributed by atoms with E-state index in [4.69, 9.17) is 5.26 Å². The zero-order valence-corrected chi connectivity index (χ0v) is 5.97. The highest BCUT2D eigenvalue weighted by atomic mass is 17.1. The maximum absolute atomic E-state index is 10.8. The summed E-state index contributed by atoms with van der Waals surface area (Å²) in [5, 5.41) is 8.17. The third-order valence-electron chi connectivity index (χ3n) is 1.22. The lowest BCUT2D eigenvalue weighted by molar-refractivity contribution is -0.301. The maximum atomic E-state index is 10.8. The molecule has 0 atom stereocenters. The molecular weight excluding hydrogens is 120 g/mol. The summed E-state index contributed by atoms with van der Waals surface area (Å²) in [6, 6.07) is 0. The van der Waals surface area contributed by atoms with Gasteiger partial charge in [-0.05, 0) is 13.8 Å². The van der Waals surface area contributed by atoms with Gasteiger partial charge in [0.1, 0.15) is 0 Å². The molecule has 54 valence electrons. The van der Waals surface area contributed by atoms with Crippen LogP contribution in [0.2, 0.25) is 0 Å². The molecule has 1 N–H and O–H groups in total. The molecule has 0 aromatic heterocycles. The smallest absolute Gasteiger partial charge is 0.167 e. The Hall–Kier alpha value is -0.410. The first kappa shape index (κ1) is 8.59. The highest BCUT2D eigenvalue weighted by Gasteiger charge is 2.26. The highest BCUT2D eigenvalue weighted by Crippen LogP contribution is 2.09. The number of rotatable bonds is 3.